The van der Waals surface area contributed by atoms with Crippen molar-refractivity contribution in [2.24, 2.45) is 5.92 Å². The van der Waals surface area contributed by atoms with Crippen LogP contribution in [0, 0.1) is 36.0 Å². The Balaban J connectivity index is 1.44. The van der Waals surface area contributed by atoms with E-state index < -0.39 is 74.6 Å². The lowest BCUT2D eigenvalue weighted by Crippen LogP contribution is -2.46. The van der Waals surface area contributed by atoms with Gasteiger partial charge in [-0.25, -0.2) is 23.1 Å². The molecule has 0 radical (unpaired) electrons. The third-order valence-electron chi connectivity index (χ3n) is 10.5. The summed E-state index contributed by atoms with van der Waals surface area (Å²) in [6, 6.07) is 9.00. The van der Waals surface area contributed by atoms with Crippen LogP contribution in [0.25, 0.3) is 11.2 Å². The van der Waals surface area contributed by atoms with Gasteiger partial charge in [-0.1, -0.05) is 96.3 Å². The Hall–Kier alpha value is -5.21. The maximum atomic E-state index is 15.0. The van der Waals surface area contributed by atoms with Crippen LogP contribution in [-0.4, -0.2) is 69.2 Å². The summed E-state index contributed by atoms with van der Waals surface area (Å²) in [5.74, 6) is -0.423. The quantitative estimate of drug-likeness (QED) is 0.0223. The Bertz CT molecular complexity index is 2170. The predicted molar refractivity (Wildman–Crippen MR) is 223 cm³/mol. The van der Waals surface area contributed by atoms with E-state index in [1.807, 2.05) is 13.8 Å². The van der Waals surface area contributed by atoms with E-state index in [9.17, 15) is 22.8 Å². The molecule has 2 aromatic heterocycles. The Kier molecular flexibility index (Phi) is 17.6. The van der Waals surface area contributed by atoms with Gasteiger partial charge in [-0.15, -0.1) is 6.42 Å². The maximum Gasteiger partial charge on any atom is 0.508 e. The number of ether oxygens (including phenoxy) is 4. The summed E-state index contributed by atoms with van der Waals surface area (Å²) in [4.78, 5) is 38.5. The molecular weight excluding hydrogens is 832 g/mol. The normalized spacial score (nSPS) is 18.9. The zero-order valence-electron chi connectivity index (χ0n) is 35.1. The number of carbonyl (C=O) groups excluding carboxylic acids is 2. The molecule has 3 heterocycles. The molecular formula is C43H54F3N6O9P. The first kappa shape index (κ1) is 47.8. The van der Waals surface area contributed by atoms with Gasteiger partial charge in [0.2, 0.25) is 0 Å². The summed E-state index contributed by atoms with van der Waals surface area (Å²) in [6.45, 7) is 5.28. The average molecular weight is 887 g/mol. The number of esters is 1. The molecule has 336 valence electrons. The second-order valence-electron chi connectivity index (χ2n) is 15.0. The van der Waals surface area contributed by atoms with E-state index in [-0.39, 0.29) is 53.8 Å². The van der Waals surface area contributed by atoms with Gasteiger partial charge in [-0.05, 0) is 48.6 Å². The van der Waals surface area contributed by atoms with Gasteiger partial charge in [0.05, 0.1) is 19.5 Å². The number of para-hydroxylation sites is 1. The first-order chi connectivity index (χ1) is 29.8. The van der Waals surface area contributed by atoms with Crippen molar-refractivity contribution in [3.63, 3.8) is 0 Å². The van der Waals surface area contributed by atoms with Crippen LogP contribution in [0.15, 0.2) is 54.9 Å². The second-order valence-corrected chi connectivity index (χ2v) is 16.7. The maximum absolute atomic E-state index is 15.0. The van der Waals surface area contributed by atoms with Crippen molar-refractivity contribution in [3.05, 3.63) is 78.1 Å². The van der Waals surface area contributed by atoms with Crippen LogP contribution in [0.4, 0.5) is 23.8 Å². The van der Waals surface area contributed by atoms with E-state index in [1.165, 1.54) is 23.0 Å². The summed E-state index contributed by atoms with van der Waals surface area (Å²) < 4.78 is 94.6. The van der Waals surface area contributed by atoms with Crippen LogP contribution in [0.2, 0.25) is 0 Å². The number of fused-ring (bicyclic) bond motifs is 1. The number of halogens is 3. The number of nitrogens with two attached hydrogens (primary N) is 1. The SMILES string of the molecule is C#C[C@]1(CO[P@@](=O)(N[C@@H](Cc2cc(F)cc(F)c2)C(=O)OCC(CC)CC)Oc2ccccc2)O[C@@H](n2cnc3c(N)nc(F)nc32)C[C@@H]1OC(=O)OCCCCCCCCC. The number of anilines is 1. The molecule has 4 aromatic rings. The molecule has 0 amide bonds. The Morgan fingerprint density at radius 1 is 1.02 bits per heavy atom. The van der Waals surface area contributed by atoms with Gasteiger partial charge in [-0.3, -0.25) is 13.9 Å². The highest BCUT2D eigenvalue weighted by molar-refractivity contribution is 7.52. The van der Waals surface area contributed by atoms with Crippen LogP contribution in [-0.2, 0) is 39.3 Å². The smallest absolute Gasteiger partial charge is 0.464 e. The van der Waals surface area contributed by atoms with Crippen molar-refractivity contribution >= 4 is 36.9 Å². The van der Waals surface area contributed by atoms with Gasteiger partial charge in [0.25, 0.3) is 0 Å². The van der Waals surface area contributed by atoms with Crippen LogP contribution in [0.1, 0.15) is 96.8 Å². The van der Waals surface area contributed by atoms with Gasteiger partial charge in [-0.2, -0.15) is 19.4 Å². The minimum Gasteiger partial charge on any atom is -0.464 e. The summed E-state index contributed by atoms with van der Waals surface area (Å²) in [5.41, 5.74) is 3.88. The first-order valence-electron chi connectivity index (χ1n) is 20.8. The molecule has 0 bridgehead atoms. The molecule has 0 unspecified atom stereocenters. The fourth-order valence-corrected chi connectivity index (χ4v) is 8.41. The number of terminal acetylenes is 1. The largest absolute Gasteiger partial charge is 0.508 e. The van der Waals surface area contributed by atoms with Gasteiger partial charge in [0.15, 0.2) is 28.7 Å². The monoisotopic (exact) mass is 886 g/mol. The summed E-state index contributed by atoms with van der Waals surface area (Å²) in [7, 11) is -4.80. The fraction of sp³-hybridized carbons (Fsp3) is 0.512. The molecule has 0 spiro atoms. The number of unbranched alkanes of at least 4 members (excludes halogenated alkanes) is 6. The van der Waals surface area contributed by atoms with Crippen LogP contribution < -0.4 is 15.3 Å². The molecule has 1 fully saturated rings. The zero-order valence-corrected chi connectivity index (χ0v) is 36.0. The third kappa shape index (κ3) is 13.2. The van der Waals surface area contributed by atoms with Crippen molar-refractivity contribution in [1.29, 1.82) is 0 Å². The summed E-state index contributed by atoms with van der Waals surface area (Å²) in [5, 5.41) is 2.63. The van der Waals surface area contributed by atoms with Gasteiger partial charge in [0.1, 0.15) is 36.3 Å². The van der Waals surface area contributed by atoms with E-state index in [4.69, 9.17) is 40.2 Å². The number of nitrogen functional groups attached to an aromatic ring is 1. The average Bonchev–Trinajstić information content (AvgIpc) is 3.83. The Morgan fingerprint density at radius 2 is 1.71 bits per heavy atom. The number of nitrogens with zero attached hydrogens (tertiary/aromatic N) is 4. The molecule has 0 saturated carbocycles. The Labute approximate surface area is 359 Å². The lowest BCUT2D eigenvalue weighted by atomic mass is 9.99. The number of aromatic nitrogens is 4. The van der Waals surface area contributed by atoms with Crippen LogP contribution in [0.3, 0.4) is 0 Å². The molecule has 1 aliphatic heterocycles. The van der Waals surface area contributed by atoms with Gasteiger partial charge in [0, 0.05) is 12.5 Å². The van der Waals surface area contributed by atoms with Crippen molar-refractivity contribution in [3.8, 4) is 18.1 Å². The van der Waals surface area contributed by atoms with E-state index >= 15 is 4.57 Å². The van der Waals surface area contributed by atoms with E-state index in [0.29, 0.717) is 25.3 Å². The minimum absolute atomic E-state index is 0.00368. The number of benzene rings is 2. The van der Waals surface area contributed by atoms with Crippen LogP contribution in [0.5, 0.6) is 5.75 Å². The number of carbonyl (C=O) groups is 2. The number of nitrogens with one attached hydrogen (secondary N) is 1. The van der Waals surface area contributed by atoms with E-state index in [2.05, 4.69) is 32.9 Å². The third-order valence-corrected chi connectivity index (χ3v) is 12.0. The molecule has 0 aliphatic carbocycles. The minimum atomic E-state index is -4.80. The molecule has 2 aromatic carbocycles. The molecule has 5 atom stereocenters. The number of hydrogen-bond donors (Lipinski definition) is 2. The van der Waals surface area contributed by atoms with Crippen molar-refractivity contribution in [1.82, 2.24) is 24.6 Å². The lowest BCUT2D eigenvalue weighted by Gasteiger charge is -2.31. The van der Waals surface area contributed by atoms with E-state index in [0.717, 1.165) is 50.7 Å². The standard InChI is InChI=1S/C43H54F3N6O9P/c1-5-9-10-11-12-13-17-20-56-42(54)59-35-25-36(52-28-48-37-38(47)49-41(46)50-39(37)52)60-43(35,8-4)27-58-62(55,61-33-18-15-14-16-19-33)51-34(40(53)57-26-29(6-2)7-3)23-30-21-31(44)24-32(45)22-30/h4,14-16,18-19,21-22,24,28-29,34-36H,5-7,9-13,17,20,23,25-27H2,1-3H3,(H,51,55)(H2,47,49,50)/t34-,35-,36+,43+,62-/m0/s1. The highest BCUT2D eigenvalue weighted by atomic mass is 31.2. The zero-order chi connectivity index (χ0) is 44.7. The van der Waals surface area contributed by atoms with E-state index in [1.54, 1.807) is 18.2 Å². The molecule has 1 aliphatic rings. The summed E-state index contributed by atoms with van der Waals surface area (Å²) in [6.07, 6.45) is 10.4. The van der Waals surface area contributed by atoms with Crippen LogP contribution >= 0.6 is 7.75 Å². The highest BCUT2D eigenvalue weighted by Gasteiger charge is 2.53. The number of rotatable bonds is 24. The topological polar surface area (TPSA) is 188 Å². The van der Waals surface area contributed by atoms with Crippen molar-refractivity contribution in [2.75, 3.05) is 25.6 Å². The van der Waals surface area contributed by atoms with Gasteiger partial charge < -0.3 is 29.2 Å². The molecule has 5 rings (SSSR count). The molecule has 62 heavy (non-hydrogen) atoms. The molecule has 1 saturated heterocycles. The lowest BCUT2D eigenvalue weighted by molar-refractivity contribution is -0.147. The van der Waals surface area contributed by atoms with Crippen molar-refractivity contribution < 1.29 is 55.3 Å². The van der Waals surface area contributed by atoms with Gasteiger partial charge >= 0.3 is 25.9 Å². The molecule has 3 N–H and O–H groups in total. The van der Waals surface area contributed by atoms with Crippen molar-refractivity contribution in [2.45, 2.75) is 115 Å². The Morgan fingerprint density at radius 3 is 2.39 bits per heavy atom. The fourth-order valence-electron chi connectivity index (χ4n) is 6.89. The predicted octanol–water partition coefficient (Wildman–Crippen LogP) is 8.77. The summed E-state index contributed by atoms with van der Waals surface area (Å²) >= 11 is 0. The second kappa shape index (κ2) is 22.8. The molecule has 19 heteroatoms. The highest BCUT2D eigenvalue weighted by Crippen LogP contribution is 2.49. The number of hydrogen-bond acceptors (Lipinski definition) is 13. The number of imidazole rings is 1. The molecule has 15 nitrogen and oxygen atoms in total. The first-order valence-corrected chi connectivity index (χ1v) is 22.4.